The highest BCUT2D eigenvalue weighted by Gasteiger charge is 2.15. The van der Waals surface area contributed by atoms with E-state index in [0.29, 0.717) is 0 Å². The second-order valence-corrected chi connectivity index (χ2v) is 4.95. The summed E-state index contributed by atoms with van der Waals surface area (Å²) in [6.45, 7) is 0.971. The molecule has 2 nitrogen and oxygen atoms in total. The highest BCUT2D eigenvalue weighted by Crippen LogP contribution is 2.26. The van der Waals surface area contributed by atoms with Crippen molar-refractivity contribution in [2.45, 2.75) is 12.3 Å². The third-order valence-electron chi connectivity index (χ3n) is 3.18. The van der Waals surface area contributed by atoms with Gasteiger partial charge >= 0.3 is 0 Å². The fourth-order valence-electron chi connectivity index (χ4n) is 2.15. The first-order valence-electron chi connectivity index (χ1n) is 6.48. The Labute approximate surface area is 113 Å². The smallest absolute Gasteiger partial charge is 0.123 e. The van der Waals surface area contributed by atoms with E-state index in [1.165, 1.54) is 12.1 Å². The summed E-state index contributed by atoms with van der Waals surface area (Å²) >= 11 is 0. The fourth-order valence-corrected chi connectivity index (χ4v) is 2.15. The van der Waals surface area contributed by atoms with Crippen LogP contribution in [0.2, 0.25) is 0 Å². The first-order chi connectivity index (χ1) is 9.16. The van der Waals surface area contributed by atoms with Gasteiger partial charge in [-0.05, 0) is 56.9 Å². The van der Waals surface area contributed by atoms with Gasteiger partial charge in [-0.3, -0.25) is 4.98 Å². The van der Waals surface area contributed by atoms with Gasteiger partial charge in [0, 0.05) is 17.8 Å². The zero-order valence-electron chi connectivity index (χ0n) is 11.4. The summed E-state index contributed by atoms with van der Waals surface area (Å²) in [5, 5.41) is 0. The average Bonchev–Trinajstić information content (AvgIpc) is 2.42. The van der Waals surface area contributed by atoms with Crippen LogP contribution < -0.4 is 0 Å². The molecule has 3 heteroatoms. The Morgan fingerprint density at radius 1 is 1.11 bits per heavy atom. The first kappa shape index (κ1) is 13.7. The number of rotatable bonds is 5. The Balaban J connectivity index is 2.26. The molecular formula is C16H19FN2. The summed E-state index contributed by atoms with van der Waals surface area (Å²) in [5.41, 5.74) is 2.15. The SMILES string of the molecule is CN(C)CC[C@@H](c1ccc(F)cc1)c1ccccn1. The van der Waals surface area contributed by atoms with Crippen LogP contribution in [0.25, 0.3) is 0 Å². The Morgan fingerprint density at radius 3 is 2.42 bits per heavy atom. The molecule has 1 aromatic heterocycles. The van der Waals surface area contributed by atoms with Crippen LogP contribution in [0.3, 0.4) is 0 Å². The van der Waals surface area contributed by atoms with Gasteiger partial charge in [0.05, 0.1) is 0 Å². The topological polar surface area (TPSA) is 16.1 Å². The van der Waals surface area contributed by atoms with Crippen LogP contribution in [0.4, 0.5) is 4.39 Å². The zero-order chi connectivity index (χ0) is 13.7. The molecule has 0 N–H and O–H groups in total. The van der Waals surface area contributed by atoms with Crippen LogP contribution in [-0.2, 0) is 0 Å². The van der Waals surface area contributed by atoms with E-state index in [9.17, 15) is 4.39 Å². The molecule has 100 valence electrons. The van der Waals surface area contributed by atoms with Crippen LogP contribution in [0.5, 0.6) is 0 Å². The van der Waals surface area contributed by atoms with Gasteiger partial charge < -0.3 is 4.90 Å². The maximum atomic E-state index is 13.0. The van der Waals surface area contributed by atoms with Crippen molar-refractivity contribution in [2.24, 2.45) is 0 Å². The lowest BCUT2D eigenvalue weighted by Gasteiger charge is -2.19. The first-order valence-corrected chi connectivity index (χ1v) is 6.48. The number of hydrogen-bond acceptors (Lipinski definition) is 2. The second kappa shape index (κ2) is 6.43. The summed E-state index contributed by atoms with van der Waals surface area (Å²) in [5.74, 6) is 0.0142. The van der Waals surface area contributed by atoms with E-state index in [-0.39, 0.29) is 11.7 Å². The van der Waals surface area contributed by atoms with Crippen molar-refractivity contribution in [3.63, 3.8) is 0 Å². The van der Waals surface area contributed by atoms with E-state index in [2.05, 4.69) is 24.0 Å². The molecular weight excluding hydrogens is 239 g/mol. The number of hydrogen-bond donors (Lipinski definition) is 0. The molecule has 0 amide bonds. The van der Waals surface area contributed by atoms with E-state index >= 15 is 0 Å². The Morgan fingerprint density at radius 2 is 1.84 bits per heavy atom. The van der Waals surface area contributed by atoms with Crippen LogP contribution in [0.15, 0.2) is 48.7 Å². The van der Waals surface area contributed by atoms with E-state index in [4.69, 9.17) is 0 Å². The Bertz CT molecular complexity index is 494. The predicted octanol–water partition coefficient (Wildman–Crippen LogP) is 3.30. The van der Waals surface area contributed by atoms with E-state index < -0.39 is 0 Å². The van der Waals surface area contributed by atoms with Crippen molar-refractivity contribution in [1.82, 2.24) is 9.88 Å². The molecule has 0 bridgehead atoms. The van der Waals surface area contributed by atoms with Crippen molar-refractivity contribution in [3.05, 3.63) is 65.7 Å². The van der Waals surface area contributed by atoms with Crippen LogP contribution >= 0.6 is 0 Å². The molecule has 0 saturated carbocycles. The van der Waals surface area contributed by atoms with Crippen molar-refractivity contribution in [2.75, 3.05) is 20.6 Å². The highest BCUT2D eigenvalue weighted by molar-refractivity contribution is 5.28. The molecule has 0 aliphatic carbocycles. The fraction of sp³-hybridized carbons (Fsp3) is 0.312. The molecule has 2 aromatic rings. The lowest BCUT2D eigenvalue weighted by atomic mass is 9.92. The van der Waals surface area contributed by atoms with Gasteiger partial charge in [0.2, 0.25) is 0 Å². The molecule has 0 aliphatic heterocycles. The molecule has 0 fully saturated rings. The minimum atomic E-state index is -0.198. The van der Waals surface area contributed by atoms with E-state index in [0.717, 1.165) is 24.2 Å². The normalized spacial score (nSPS) is 12.6. The quantitative estimate of drug-likeness (QED) is 0.818. The molecule has 0 spiro atoms. The number of aromatic nitrogens is 1. The summed E-state index contributed by atoms with van der Waals surface area (Å²) < 4.78 is 13.0. The predicted molar refractivity (Wildman–Crippen MR) is 75.7 cm³/mol. The van der Waals surface area contributed by atoms with Crippen molar-refractivity contribution in [3.8, 4) is 0 Å². The molecule has 19 heavy (non-hydrogen) atoms. The average molecular weight is 258 g/mol. The monoisotopic (exact) mass is 258 g/mol. The standard InChI is InChI=1S/C16H19FN2/c1-19(2)12-10-15(16-5-3-4-11-18-16)13-6-8-14(17)9-7-13/h3-9,11,15H,10,12H2,1-2H3/t15-/m0/s1. The van der Waals surface area contributed by atoms with Gasteiger partial charge in [-0.25, -0.2) is 4.39 Å². The third-order valence-corrected chi connectivity index (χ3v) is 3.18. The van der Waals surface area contributed by atoms with Gasteiger partial charge in [0.25, 0.3) is 0 Å². The lowest BCUT2D eigenvalue weighted by Crippen LogP contribution is -2.17. The largest absolute Gasteiger partial charge is 0.309 e. The zero-order valence-corrected chi connectivity index (χ0v) is 11.4. The molecule has 2 rings (SSSR count). The summed E-state index contributed by atoms with van der Waals surface area (Å²) in [6.07, 6.45) is 2.77. The molecule has 1 aromatic carbocycles. The van der Waals surface area contributed by atoms with Gasteiger partial charge in [-0.2, -0.15) is 0 Å². The Hall–Kier alpha value is -1.74. The summed E-state index contributed by atoms with van der Waals surface area (Å²) in [7, 11) is 4.11. The second-order valence-electron chi connectivity index (χ2n) is 4.95. The molecule has 0 radical (unpaired) electrons. The number of nitrogens with zero attached hydrogens (tertiary/aromatic N) is 2. The van der Waals surface area contributed by atoms with Crippen LogP contribution in [0, 0.1) is 5.82 Å². The maximum Gasteiger partial charge on any atom is 0.123 e. The third kappa shape index (κ3) is 3.86. The minimum Gasteiger partial charge on any atom is -0.309 e. The Kier molecular flexibility index (Phi) is 4.63. The molecule has 1 atom stereocenters. The molecule has 0 aliphatic rings. The van der Waals surface area contributed by atoms with Gasteiger partial charge in [0.15, 0.2) is 0 Å². The highest BCUT2D eigenvalue weighted by atomic mass is 19.1. The number of benzene rings is 1. The molecule has 0 unspecified atom stereocenters. The number of halogens is 1. The van der Waals surface area contributed by atoms with Crippen molar-refractivity contribution < 1.29 is 4.39 Å². The minimum absolute atomic E-state index is 0.198. The summed E-state index contributed by atoms with van der Waals surface area (Å²) in [4.78, 5) is 6.60. The lowest BCUT2D eigenvalue weighted by molar-refractivity contribution is 0.389. The van der Waals surface area contributed by atoms with Crippen LogP contribution in [0.1, 0.15) is 23.6 Å². The van der Waals surface area contributed by atoms with E-state index in [1.807, 2.05) is 36.5 Å². The van der Waals surface area contributed by atoms with Gasteiger partial charge in [-0.15, -0.1) is 0 Å². The van der Waals surface area contributed by atoms with Crippen LogP contribution in [-0.4, -0.2) is 30.5 Å². The summed E-state index contributed by atoms with van der Waals surface area (Å²) in [6, 6.07) is 12.7. The maximum absolute atomic E-state index is 13.0. The number of pyridine rings is 1. The molecule has 0 saturated heterocycles. The van der Waals surface area contributed by atoms with Gasteiger partial charge in [0.1, 0.15) is 5.82 Å². The van der Waals surface area contributed by atoms with E-state index in [1.54, 1.807) is 0 Å². The molecule has 1 heterocycles. The van der Waals surface area contributed by atoms with Crippen molar-refractivity contribution in [1.29, 1.82) is 0 Å². The van der Waals surface area contributed by atoms with Gasteiger partial charge in [-0.1, -0.05) is 18.2 Å². The van der Waals surface area contributed by atoms with Crippen molar-refractivity contribution >= 4 is 0 Å².